The Balaban J connectivity index is 2.09. The second-order valence-corrected chi connectivity index (χ2v) is 7.89. The van der Waals surface area contributed by atoms with E-state index in [0.717, 1.165) is 11.1 Å². The number of aromatic nitrogens is 2. The van der Waals surface area contributed by atoms with E-state index in [1.807, 2.05) is 43.3 Å². The zero-order valence-corrected chi connectivity index (χ0v) is 16.9. The number of hydrogen-bond acceptors (Lipinski definition) is 5. The van der Waals surface area contributed by atoms with E-state index in [4.69, 9.17) is 9.88 Å². The van der Waals surface area contributed by atoms with E-state index in [0.29, 0.717) is 11.4 Å². The van der Waals surface area contributed by atoms with Gasteiger partial charge in [0, 0.05) is 0 Å². The highest BCUT2D eigenvalue weighted by atomic mass is 32.2. The fourth-order valence-corrected chi connectivity index (χ4v) is 3.33. The lowest BCUT2D eigenvalue weighted by molar-refractivity contribution is 0.0519. The third-order valence-corrected chi connectivity index (χ3v) is 5.12. The molecule has 0 aliphatic carbocycles. The number of carbonyl (C=O) groups is 1. The number of esters is 1. The van der Waals surface area contributed by atoms with Crippen molar-refractivity contribution in [2.75, 3.05) is 6.61 Å². The molecule has 2 N–H and O–H groups in total. The molecule has 3 rings (SSSR count). The normalized spacial score (nSPS) is 12.0. The van der Waals surface area contributed by atoms with Crippen LogP contribution in [0.25, 0.3) is 17.3 Å². The highest BCUT2D eigenvalue weighted by molar-refractivity contribution is 7.89. The number of carbonyl (C=O) groups excluding carboxylic acids is 1. The molecule has 0 radical (unpaired) electrons. The van der Waals surface area contributed by atoms with Crippen molar-refractivity contribution in [2.45, 2.75) is 18.7 Å². The Morgan fingerprint density at radius 2 is 1.79 bits per heavy atom. The van der Waals surface area contributed by atoms with Gasteiger partial charge in [0.2, 0.25) is 10.0 Å². The first-order chi connectivity index (χ1) is 13.8. The van der Waals surface area contributed by atoms with Crippen molar-refractivity contribution in [1.82, 2.24) is 9.78 Å². The summed E-state index contributed by atoms with van der Waals surface area (Å²) in [5.41, 5.74) is 3.30. The minimum atomic E-state index is -3.80. The van der Waals surface area contributed by atoms with Gasteiger partial charge in [0.1, 0.15) is 0 Å². The molecule has 8 heteroatoms. The zero-order valence-electron chi connectivity index (χ0n) is 16.1. The van der Waals surface area contributed by atoms with Crippen LogP contribution in [0.4, 0.5) is 0 Å². The summed E-state index contributed by atoms with van der Waals surface area (Å²) in [6, 6.07) is 17.4. The summed E-state index contributed by atoms with van der Waals surface area (Å²) >= 11 is 0. The summed E-state index contributed by atoms with van der Waals surface area (Å²) in [7, 11) is -3.80. The molecule has 150 valence electrons. The second-order valence-electron chi connectivity index (χ2n) is 6.32. The molecule has 2 aromatic carbocycles. The molecule has 0 fully saturated rings. The number of ether oxygens (including phenoxy) is 1. The van der Waals surface area contributed by atoms with Crippen LogP contribution < -0.4 is 5.14 Å². The molecule has 0 unspecified atom stereocenters. The van der Waals surface area contributed by atoms with E-state index >= 15 is 0 Å². The Morgan fingerprint density at radius 1 is 1.14 bits per heavy atom. The van der Waals surface area contributed by atoms with E-state index in [1.165, 1.54) is 12.1 Å². The van der Waals surface area contributed by atoms with Crippen molar-refractivity contribution in [2.24, 2.45) is 5.14 Å². The van der Waals surface area contributed by atoms with Gasteiger partial charge in [0.15, 0.2) is 5.69 Å². The highest BCUT2D eigenvalue weighted by Crippen LogP contribution is 2.23. The van der Waals surface area contributed by atoms with E-state index in [-0.39, 0.29) is 17.2 Å². The Bertz CT molecular complexity index is 1150. The van der Waals surface area contributed by atoms with Gasteiger partial charge in [-0.1, -0.05) is 30.3 Å². The first-order valence-corrected chi connectivity index (χ1v) is 10.5. The van der Waals surface area contributed by atoms with Gasteiger partial charge >= 0.3 is 5.97 Å². The fraction of sp³-hybridized carbons (Fsp3) is 0.143. The zero-order chi connectivity index (χ0) is 21.0. The SMILES string of the molecule is CCOC(=O)c1cc(/C(C)=C/c2ccccc2)n(-c2ccc(S(N)(=O)=O)cc2)n1. The van der Waals surface area contributed by atoms with Crippen molar-refractivity contribution >= 4 is 27.6 Å². The van der Waals surface area contributed by atoms with Gasteiger partial charge in [0.25, 0.3) is 0 Å². The number of allylic oxidation sites excluding steroid dienone is 1. The lowest BCUT2D eigenvalue weighted by atomic mass is 10.1. The quantitative estimate of drug-likeness (QED) is 0.627. The maximum atomic E-state index is 12.2. The van der Waals surface area contributed by atoms with Crippen LogP contribution in [0.1, 0.15) is 35.6 Å². The molecule has 0 aliphatic rings. The van der Waals surface area contributed by atoms with Crippen LogP contribution in [0.3, 0.4) is 0 Å². The van der Waals surface area contributed by atoms with Crippen LogP contribution >= 0.6 is 0 Å². The lowest BCUT2D eigenvalue weighted by Crippen LogP contribution is -2.12. The van der Waals surface area contributed by atoms with E-state index < -0.39 is 16.0 Å². The van der Waals surface area contributed by atoms with Gasteiger partial charge < -0.3 is 4.74 Å². The molecular weight excluding hydrogens is 390 g/mol. The van der Waals surface area contributed by atoms with Crippen molar-refractivity contribution in [3.8, 4) is 5.69 Å². The molecule has 0 saturated carbocycles. The third kappa shape index (κ3) is 4.79. The van der Waals surface area contributed by atoms with Crippen molar-refractivity contribution in [3.05, 3.63) is 77.6 Å². The van der Waals surface area contributed by atoms with Crippen LogP contribution in [0, 0.1) is 0 Å². The summed E-state index contributed by atoms with van der Waals surface area (Å²) in [5.74, 6) is -0.527. The average molecular weight is 411 g/mol. The molecule has 0 spiro atoms. The summed E-state index contributed by atoms with van der Waals surface area (Å²) in [6.07, 6.45) is 1.97. The minimum Gasteiger partial charge on any atom is -0.461 e. The van der Waals surface area contributed by atoms with E-state index in [1.54, 1.807) is 29.8 Å². The molecule has 1 heterocycles. The molecule has 1 aromatic heterocycles. The molecule has 7 nitrogen and oxygen atoms in total. The van der Waals surface area contributed by atoms with Crippen molar-refractivity contribution in [3.63, 3.8) is 0 Å². The number of primary sulfonamides is 1. The Kier molecular flexibility index (Phi) is 5.95. The number of rotatable bonds is 6. The molecule has 0 bridgehead atoms. The first kappa shape index (κ1) is 20.5. The number of nitrogens with zero attached hydrogens (tertiary/aromatic N) is 2. The van der Waals surface area contributed by atoms with Crippen molar-refractivity contribution < 1.29 is 17.9 Å². The van der Waals surface area contributed by atoms with Crippen LogP contribution in [0.15, 0.2) is 65.6 Å². The van der Waals surface area contributed by atoms with Gasteiger partial charge in [-0.15, -0.1) is 0 Å². The van der Waals surface area contributed by atoms with Crippen LogP contribution in [0.5, 0.6) is 0 Å². The number of sulfonamides is 1. The summed E-state index contributed by atoms with van der Waals surface area (Å²) in [5, 5.41) is 9.54. The second kappa shape index (κ2) is 8.42. The predicted molar refractivity (Wildman–Crippen MR) is 111 cm³/mol. The van der Waals surface area contributed by atoms with Gasteiger partial charge in [-0.3, -0.25) is 0 Å². The fourth-order valence-electron chi connectivity index (χ4n) is 2.81. The number of benzene rings is 2. The Labute approximate surface area is 169 Å². The molecular formula is C21H21N3O4S. The maximum absolute atomic E-state index is 12.2. The maximum Gasteiger partial charge on any atom is 0.358 e. The minimum absolute atomic E-state index is 0.00266. The molecule has 0 amide bonds. The predicted octanol–water partition coefficient (Wildman–Crippen LogP) is 3.26. The average Bonchev–Trinajstić information content (AvgIpc) is 3.14. The number of hydrogen-bond donors (Lipinski definition) is 1. The monoisotopic (exact) mass is 411 g/mol. The standard InChI is InChI=1S/C21H21N3O4S/c1-3-28-21(25)19-14-20(15(2)13-16-7-5-4-6-8-16)24(23-19)17-9-11-18(12-10-17)29(22,26)27/h4-14H,3H2,1-2H3,(H2,22,26,27)/b15-13+. The van der Waals surface area contributed by atoms with Crippen LogP contribution in [-0.4, -0.2) is 30.8 Å². The summed E-state index contributed by atoms with van der Waals surface area (Å²) in [4.78, 5) is 12.2. The van der Waals surface area contributed by atoms with Gasteiger partial charge in [-0.2, -0.15) is 5.10 Å². The first-order valence-electron chi connectivity index (χ1n) is 8.93. The highest BCUT2D eigenvalue weighted by Gasteiger charge is 2.18. The van der Waals surface area contributed by atoms with Crippen molar-refractivity contribution in [1.29, 1.82) is 0 Å². The smallest absolute Gasteiger partial charge is 0.358 e. The Hall–Kier alpha value is -3.23. The third-order valence-electron chi connectivity index (χ3n) is 4.19. The largest absolute Gasteiger partial charge is 0.461 e. The molecule has 0 aliphatic heterocycles. The van der Waals surface area contributed by atoms with E-state index in [9.17, 15) is 13.2 Å². The molecule has 29 heavy (non-hydrogen) atoms. The van der Waals surface area contributed by atoms with Crippen LogP contribution in [0.2, 0.25) is 0 Å². The van der Waals surface area contributed by atoms with Crippen LogP contribution in [-0.2, 0) is 14.8 Å². The summed E-state index contributed by atoms with van der Waals surface area (Å²) < 4.78 is 29.7. The van der Waals surface area contributed by atoms with Gasteiger partial charge in [-0.05, 0) is 61.4 Å². The van der Waals surface area contributed by atoms with Gasteiger partial charge in [-0.25, -0.2) is 23.0 Å². The van der Waals surface area contributed by atoms with E-state index in [2.05, 4.69) is 5.10 Å². The molecule has 3 aromatic rings. The lowest BCUT2D eigenvalue weighted by Gasteiger charge is -2.09. The Morgan fingerprint density at radius 3 is 2.38 bits per heavy atom. The topological polar surface area (TPSA) is 104 Å². The number of nitrogens with two attached hydrogens (primary N) is 1. The molecule has 0 atom stereocenters. The molecule has 0 saturated heterocycles. The summed E-state index contributed by atoms with van der Waals surface area (Å²) in [6.45, 7) is 3.87. The van der Waals surface area contributed by atoms with Gasteiger partial charge in [0.05, 0.1) is 22.9 Å².